The van der Waals surface area contributed by atoms with Crippen LogP contribution in [-0.2, 0) is 4.79 Å². The third-order valence-corrected chi connectivity index (χ3v) is 6.03. The number of methoxy groups -OCH3 is 1. The predicted octanol–water partition coefficient (Wildman–Crippen LogP) is 3.18. The predicted molar refractivity (Wildman–Crippen MR) is 127 cm³/mol. The molecule has 3 amide bonds. The van der Waals surface area contributed by atoms with Crippen LogP contribution in [0.15, 0.2) is 48.5 Å². The minimum absolute atomic E-state index is 0.0111. The van der Waals surface area contributed by atoms with Crippen LogP contribution in [0.5, 0.6) is 5.75 Å². The van der Waals surface area contributed by atoms with E-state index in [1.807, 2.05) is 49.9 Å². The topological polar surface area (TPSA) is 87.7 Å². The first-order valence-electron chi connectivity index (χ1n) is 11.4. The van der Waals surface area contributed by atoms with Crippen LogP contribution in [0.3, 0.4) is 0 Å². The molecule has 1 saturated heterocycles. The fourth-order valence-electron chi connectivity index (χ4n) is 4.16. The average molecular weight is 452 g/mol. The van der Waals surface area contributed by atoms with Gasteiger partial charge in [0.1, 0.15) is 11.8 Å². The van der Waals surface area contributed by atoms with Crippen molar-refractivity contribution < 1.29 is 19.1 Å². The number of nitrogens with zero attached hydrogens (tertiary/aromatic N) is 1. The Hall–Kier alpha value is -3.35. The van der Waals surface area contributed by atoms with Crippen molar-refractivity contribution in [2.24, 2.45) is 5.92 Å². The maximum absolute atomic E-state index is 13.0. The van der Waals surface area contributed by atoms with Gasteiger partial charge in [-0.05, 0) is 75.4 Å². The third-order valence-electron chi connectivity index (χ3n) is 6.03. The molecule has 1 atom stereocenters. The Balaban J connectivity index is 1.69. The molecule has 0 aromatic heterocycles. The van der Waals surface area contributed by atoms with E-state index in [0.29, 0.717) is 42.8 Å². The lowest BCUT2D eigenvalue weighted by molar-refractivity contribution is -0.125. The summed E-state index contributed by atoms with van der Waals surface area (Å²) >= 11 is 0. The van der Waals surface area contributed by atoms with Crippen LogP contribution in [0, 0.1) is 12.8 Å². The van der Waals surface area contributed by atoms with E-state index in [4.69, 9.17) is 4.74 Å². The van der Waals surface area contributed by atoms with Crippen LogP contribution in [0.25, 0.3) is 0 Å². The molecule has 1 aliphatic heterocycles. The molecule has 3 rings (SSSR count). The summed E-state index contributed by atoms with van der Waals surface area (Å²) < 4.78 is 5.15. The largest absolute Gasteiger partial charge is 0.497 e. The molecule has 33 heavy (non-hydrogen) atoms. The molecule has 1 unspecified atom stereocenters. The van der Waals surface area contributed by atoms with Crippen molar-refractivity contribution in [2.45, 2.75) is 45.7 Å². The maximum atomic E-state index is 13.0. The van der Waals surface area contributed by atoms with Gasteiger partial charge in [0.15, 0.2) is 0 Å². The standard InChI is InChI=1S/C26H33N3O4/c1-17(2)27-25(31)23(28-24(30)20-9-11-21(33-4)12-10-20)19-13-15-29(16-14-19)26(32)22-8-6-5-7-18(22)3/h5-12,17,19,23H,13-16H2,1-4H3,(H,27,31)(H,28,30). The summed E-state index contributed by atoms with van der Waals surface area (Å²) in [6.07, 6.45) is 1.27. The van der Waals surface area contributed by atoms with Gasteiger partial charge in [-0.1, -0.05) is 18.2 Å². The smallest absolute Gasteiger partial charge is 0.254 e. The number of amides is 3. The van der Waals surface area contributed by atoms with Crippen molar-refractivity contribution in [3.05, 3.63) is 65.2 Å². The highest BCUT2D eigenvalue weighted by atomic mass is 16.5. The Morgan fingerprint density at radius 3 is 2.18 bits per heavy atom. The normalized spacial score (nSPS) is 15.1. The lowest BCUT2D eigenvalue weighted by atomic mass is 9.88. The average Bonchev–Trinajstić information content (AvgIpc) is 2.82. The van der Waals surface area contributed by atoms with Gasteiger partial charge < -0.3 is 20.3 Å². The molecule has 2 aromatic carbocycles. The number of benzene rings is 2. The SMILES string of the molecule is COc1ccc(C(=O)NC(C(=O)NC(C)C)C2CCN(C(=O)c3ccccc3C)CC2)cc1. The zero-order chi connectivity index (χ0) is 24.0. The van der Waals surface area contributed by atoms with Crippen LogP contribution in [0.4, 0.5) is 0 Å². The summed E-state index contributed by atoms with van der Waals surface area (Å²) in [5, 5.41) is 5.86. The highest BCUT2D eigenvalue weighted by Gasteiger charge is 2.34. The number of hydrogen-bond donors (Lipinski definition) is 2. The third kappa shape index (κ3) is 6.12. The molecule has 176 valence electrons. The molecule has 2 aromatic rings. The lowest BCUT2D eigenvalue weighted by Crippen LogP contribution is -2.54. The summed E-state index contributed by atoms with van der Waals surface area (Å²) in [5.41, 5.74) is 2.12. The van der Waals surface area contributed by atoms with E-state index in [0.717, 1.165) is 5.56 Å². The Morgan fingerprint density at radius 2 is 1.61 bits per heavy atom. The Morgan fingerprint density at radius 1 is 0.970 bits per heavy atom. The number of piperidine rings is 1. The number of likely N-dealkylation sites (tertiary alicyclic amines) is 1. The fourth-order valence-corrected chi connectivity index (χ4v) is 4.16. The van der Waals surface area contributed by atoms with Crippen LogP contribution in [0.1, 0.15) is 53.0 Å². The first kappa shape index (κ1) is 24.3. The van der Waals surface area contributed by atoms with E-state index >= 15 is 0 Å². The molecular weight excluding hydrogens is 418 g/mol. The van der Waals surface area contributed by atoms with E-state index in [1.165, 1.54) is 0 Å². The summed E-state index contributed by atoms with van der Waals surface area (Å²) in [6.45, 7) is 6.80. The Labute approximate surface area is 195 Å². The van der Waals surface area contributed by atoms with Crippen molar-refractivity contribution in [3.8, 4) is 5.75 Å². The first-order chi connectivity index (χ1) is 15.8. The number of carbonyl (C=O) groups is 3. The van der Waals surface area contributed by atoms with Gasteiger partial charge in [0.25, 0.3) is 11.8 Å². The van der Waals surface area contributed by atoms with E-state index < -0.39 is 6.04 Å². The van der Waals surface area contributed by atoms with Crippen LogP contribution >= 0.6 is 0 Å². The summed E-state index contributed by atoms with van der Waals surface area (Å²) in [6, 6.07) is 13.6. The number of rotatable bonds is 7. The highest BCUT2D eigenvalue weighted by molar-refractivity contribution is 5.98. The van der Waals surface area contributed by atoms with Crippen molar-refractivity contribution >= 4 is 17.7 Å². The van der Waals surface area contributed by atoms with Gasteiger partial charge >= 0.3 is 0 Å². The van der Waals surface area contributed by atoms with E-state index in [-0.39, 0.29) is 29.7 Å². The lowest BCUT2D eigenvalue weighted by Gasteiger charge is -2.36. The van der Waals surface area contributed by atoms with Crippen molar-refractivity contribution in [3.63, 3.8) is 0 Å². The number of aryl methyl sites for hydroxylation is 1. The monoisotopic (exact) mass is 451 g/mol. The molecule has 0 bridgehead atoms. The molecule has 7 heteroatoms. The van der Waals surface area contributed by atoms with Gasteiger partial charge in [0, 0.05) is 30.3 Å². The molecule has 1 fully saturated rings. The molecule has 0 saturated carbocycles. The van der Waals surface area contributed by atoms with E-state index in [9.17, 15) is 14.4 Å². The van der Waals surface area contributed by atoms with Gasteiger partial charge in [-0.3, -0.25) is 14.4 Å². The molecule has 1 aliphatic rings. The number of ether oxygens (including phenoxy) is 1. The highest BCUT2D eigenvalue weighted by Crippen LogP contribution is 2.24. The quantitative estimate of drug-likeness (QED) is 0.677. The van der Waals surface area contributed by atoms with Gasteiger partial charge in [-0.15, -0.1) is 0 Å². The van der Waals surface area contributed by atoms with Gasteiger partial charge in [-0.25, -0.2) is 0 Å². The molecule has 1 heterocycles. The van der Waals surface area contributed by atoms with Gasteiger partial charge in [-0.2, -0.15) is 0 Å². The molecule has 2 N–H and O–H groups in total. The van der Waals surface area contributed by atoms with Gasteiger partial charge in [0.2, 0.25) is 5.91 Å². The van der Waals surface area contributed by atoms with E-state index in [1.54, 1.807) is 31.4 Å². The number of carbonyl (C=O) groups excluding carboxylic acids is 3. The summed E-state index contributed by atoms with van der Waals surface area (Å²) in [4.78, 5) is 40.7. The van der Waals surface area contributed by atoms with E-state index in [2.05, 4.69) is 10.6 Å². The molecule has 0 spiro atoms. The van der Waals surface area contributed by atoms with Gasteiger partial charge in [0.05, 0.1) is 7.11 Å². The first-order valence-corrected chi connectivity index (χ1v) is 11.4. The van der Waals surface area contributed by atoms with Crippen molar-refractivity contribution in [1.82, 2.24) is 15.5 Å². The second-order valence-electron chi connectivity index (χ2n) is 8.79. The van der Waals surface area contributed by atoms with Crippen LogP contribution < -0.4 is 15.4 Å². The van der Waals surface area contributed by atoms with Crippen molar-refractivity contribution in [1.29, 1.82) is 0 Å². The summed E-state index contributed by atoms with van der Waals surface area (Å²) in [7, 11) is 1.57. The second-order valence-corrected chi connectivity index (χ2v) is 8.79. The maximum Gasteiger partial charge on any atom is 0.254 e. The molecule has 0 aliphatic carbocycles. The fraction of sp³-hybridized carbons (Fsp3) is 0.423. The second kappa shape index (κ2) is 11.0. The Kier molecular flexibility index (Phi) is 8.09. The minimum atomic E-state index is -0.669. The molecular formula is C26H33N3O4. The molecule has 7 nitrogen and oxygen atoms in total. The zero-order valence-corrected chi connectivity index (χ0v) is 19.8. The molecule has 0 radical (unpaired) electrons. The summed E-state index contributed by atoms with van der Waals surface area (Å²) in [5.74, 6) is 0.103. The minimum Gasteiger partial charge on any atom is -0.497 e. The number of nitrogens with one attached hydrogen (secondary N) is 2. The number of hydrogen-bond acceptors (Lipinski definition) is 4. The Bertz CT molecular complexity index is 979. The van der Waals surface area contributed by atoms with Crippen LogP contribution in [-0.4, -0.2) is 54.9 Å². The zero-order valence-electron chi connectivity index (χ0n) is 19.8. The van der Waals surface area contributed by atoms with Crippen LogP contribution in [0.2, 0.25) is 0 Å². The van der Waals surface area contributed by atoms with Crippen molar-refractivity contribution in [2.75, 3.05) is 20.2 Å².